The Morgan fingerprint density at radius 1 is 0.933 bits per heavy atom. The van der Waals surface area contributed by atoms with Gasteiger partial charge in [0.2, 0.25) is 0 Å². The highest BCUT2D eigenvalue weighted by atomic mass is 16.6. The number of carboxylic acids is 1. The number of aromatic carboxylic acids is 1. The number of anilines is 1. The zero-order chi connectivity index (χ0) is 22.3. The summed E-state index contributed by atoms with van der Waals surface area (Å²) in [5.41, 5.74) is 1.33. The highest BCUT2D eigenvalue weighted by Crippen LogP contribution is 2.31. The molecule has 0 saturated carbocycles. The average molecular weight is 408 g/mol. The minimum Gasteiger partial charge on any atom is -0.477 e. The number of carbonyl (C=O) groups excluding carboxylic acids is 1. The highest BCUT2D eigenvalue weighted by molar-refractivity contribution is 5.99. The lowest BCUT2D eigenvalue weighted by atomic mass is 9.86. The molecule has 6 heteroatoms. The summed E-state index contributed by atoms with van der Waals surface area (Å²) in [7, 11) is 0. The van der Waals surface area contributed by atoms with Crippen LogP contribution in [0.4, 0.5) is 10.5 Å². The molecular weight excluding hydrogens is 380 g/mol. The predicted molar refractivity (Wildman–Crippen MR) is 118 cm³/mol. The third-order valence-electron chi connectivity index (χ3n) is 4.63. The van der Waals surface area contributed by atoms with Gasteiger partial charge in [0.15, 0.2) is 0 Å². The Bertz CT molecular complexity index is 1090. The minimum absolute atomic E-state index is 0.0224. The number of nitrogens with zero attached hydrogens (tertiary/aromatic N) is 2. The number of carbonyl (C=O) groups is 2. The maximum Gasteiger partial charge on any atom is 0.434 e. The molecule has 0 unspecified atom stereocenters. The summed E-state index contributed by atoms with van der Waals surface area (Å²) in [5.74, 6) is -1.13. The Hall–Kier alpha value is -3.28. The maximum absolute atomic E-state index is 13.2. The van der Waals surface area contributed by atoms with E-state index in [0.717, 1.165) is 10.9 Å². The molecule has 0 bridgehead atoms. The second-order valence-corrected chi connectivity index (χ2v) is 9.30. The summed E-state index contributed by atoms with van der Waals surface area (Å²) in [5, 5.41) is 11.9. The van der Waals surface area contributed by atoms with Crippen molar-refractivity contribution in [2.75, 3.05) is 5.01 Å². The second-order valence-electron chi connectivity index (χ2n) is 9.30. The molecule has 3 aromatic rings. The fourth-order valence-electron chi connectivity index (χ4n) is 3.21. The first-order chi connectivity index (χ1) is 13.9. The fourth-order valence-corrected chi connectivity index (χ4v) is 3.21. The largest absolute Gasteiger partial charge is 0.477 e. The van der Waals surface area contributed by atoms with Gasteiger partial charge in [-0.25, -0.2) is 14.3 Å². The molecule has 0 radical (unpaired) electrons. The second kappa shape index (κ2) is 7.52. The quantitative estimate of drug-likeness (QED) is 0.591. The molecule has 1 aromatic heterocycles. The Labute approximate surface area is 176 Å². The SMILES string of the molecule is CC(C)(C)OC(=O)N(c1ccccc1)n1c(C(=O)O)cc2cc(C(C)(C)C)ccc21. The van der Waals surface area contributed by atoms with Gasteiger partial charge < -0.3 is 9.84 Å². The van der Waals surface area contributed by atoms with E-state index in [2.05, 4.69) is 20.8 Å². The summed E-state index contributed by atoms with van der Waals surface area (Å²) in [6.07, 6.45) is -0.659. The van der Waals surface area contributed by atoms with Crippen LogP contribution in [0.3, 0.4) is 0 Å². The molecule has 3 rings (SSSR count). The van der Waals surface area contributed by atoms with Crippen LogP contribution in [-0.4, -0.2) is 27.4 Å². The molecule has 1 heterocycles. The van der Waals surface area contributed by atoms with Gasteiger partial charge in [0, 0.05) is 5.39 Å². The van der Waals surface area contributed by atoms with Crippen LogP contribution in [0.25, 0.3) is 10.9 Å². The number of rotatable bonds is 3. The lowest BCUT2D eigenvalue weighted by molar-refractivity contribution is 0.0562. The number of fused-ring (bicyclic) bond motifs is 1. The third kappa shape index (κ3) is 4.32. The van der Waals surface area contributed by atoms with Crippen LogP contribution in [0, 0.1) is 0 Å². The number of ether oxygens (including phenoxy) is 1. The van der Waals surface area contributed by atoms with Gasteiger partial charge in [-0.3, -0.25) is 0 Å². The van der Waals surface area contributed by atoms with Gasteiger partial charge in [0.25, 0.3) is 0 Å². The van der Waals surface area contributed by atoms with E-state index >= 15 is 0 Å². The molecule has 0 spiro atoms. The molecule has 1 amide bonds. The fraction of sp³-hybridized carbons (Fsp3) is 0.333. The van der Waals surface area contributed by atoms with Gasteiger partial charge in [-0.05, 0) is 62.1 Å². The molecule has 158 valence electrons. The first-order valence-corrected chi connectivity index (χ1v) is 9.86. The van der Waals surface area contributed by atoms with Gasteiger partial charge in [0.1, 0.15) is 11.3 Å². The number of para-hydroxylation sites is 1. The van der Waals surface area contributed by atoms with E-state index in [0.29, 0.717) is 11.2 Å². The van der Waals surface area contributed by atoms with Crippen LogP contribution < -0.4 is 5.01 Å². The molecule has 1 N–H and O–H groups in total. The maximum atomic E-state index is 13.2. The summed E-state index contributed by atoms with van der Waals surface area (Å²) in [6, 6.07) is 16.3. The summed E-state index contributed by atoms with van der Waals surface area (Å²) < 4.78 is 7.02. The minimum atomic E-state index is -1.13. The van der Waals surface area contributed by atoms with Crippen LogP contribution in [0.2, 0.25) is 0 Å². The van der Waals surface area contributed by atoms with E-state index in [-0.39, 0.29) is 11.1 Å². The number of benzene rings is 2. The van der Waals surface area contributed by atoms with Crippen LogP contribution in [0.1, 0.15) is 57.6 Å². The zero-order valence-electron chi connectivity index (χ0n) is 18.3. The molecule has 30 heavy (non-hydrogen) atoms. The molecule has 0 saturated heterocycles. The summed E-state index contributed by atoms with van der Waals surface area (Å²) in [6.45, 7) is 11.6. The topological polar surface area (TPSA) is 71.8 Å². The van der Waals surface area contributed by atoms with Crippen LogP contribution in [0.15, 0.2) is 54.6 Å². The van der Waals surface area contributed by atoms with Crippen LogP contribution in [0.5, 0.6) is 0 Å². The van der Waals surface area contributed by atoms with Gasteiger partial charge >= 0.3 is 12.1 Å². The normalized spacial score (nSPS) is 12.1. The number of hydrogen-bond acceptors (Lipinski definition) is 3. The molecule has 6 nitrogen and oxygen atoms in total. The lowest BCUT2D eigenvalue weighted by Gasteiger charge is -2.29. The van der Waals surface area contributed by atoms with Crippen molar-refractivity contribution >= 4 is 28.7 Å². The van der Waals surface area contributed by atoms with E-state index in [1.54, 1.807) is 51.1 Å². The summed E-state index contributed by atoms with van der Waals surface area (Å²) >= 11 is 0. The van der Waals surface area contributed by atoms with Crippen molar-refractivity contribution in [3.63, 3.8) is 0 Å². The van der Waals surface area contributed by atoms with Crippen LogP contribution >= 0.6 is 0 Å². The van der Waals surface area contributed by atoms with Gasteiger partial charge in [-0.1, -0.05) is 45.0 Å². The number of aromatic nitrogens is 1. The Morgan fingerprint density at radius 2 is 1.57 bits per heavy atom. The third-order valence-corrected chi connectivity index (χ3v) is 4.63. The van der Waals surface area contributed by atoms with E-state index in [1.807, 2.05) is 24.3 Å². The van der Waals surface area contributed by atoms with E-state index < -0.39 is 17.7 Å². The molecule has 0 aliphatic rings. The molecule has 0 fully saturated rings. The van der Waals surface area contributed by atoms with E-state index in [1.165, 1.54) is 9.69 Å². The molecular formula is C24H28N2O4. The van der Waals surface area contributed by atoms with Crippen molar-refractivity contribution in [1.29, 1.82) is 0 Å². The van der Waals surface area contributed by atoms with E-state index in [4.69, 9.17) is 4.74 Å². The van der Waals surface area contributed by atoms with Crippen molar-refractivity contribution in [1.82, 2.24) is 4.68 Å². The van der Waals surface area contributed by atoms with Crippen LogP contribution in [-0.2, 0) is 10.2 Å². The first kappa shape index (κ1) is 21.4. The number of hydrogen-bond donors (Lipinski definition) is 1. The Balaban J connectivity index is 2.28. The van der Waals surface area contributed by atoms with Crippen molar-refractivity contribution < 1.29 is 19.4 Å². The molecule has 0 aliphatic carbocycles. The Morgan fingerprint density at radius 3 is 2.10 bits per heavy atom. The van der Waals surface area contributed by atoms with Crippen molar-refractivity contribution in [2.24, 2.45) is 0 Å². The lowest BCUT2D eigenvalue weighted by Crippen LogP contribution is -2.41. The standard InChI is InChI=1S/C24H28N2O4/c1-23(2,3)17-12-13-19-16(14-17)15-20(21(27)28)26(19)25(18-10-8-7-9-11-18)22(29)30-24(4,5)6/h7-15H,1-6H3,(H,27,28). The van der Waals surface area contributed by atoms with E-state index in [9.17, 15) is 14.7 Å². The van der Waals surface area contributed by atoms with Crippen molar-refractivity contribution in [3.05, 3.63) is 65.9 Å². The molecule has 0 atom stereocenters. The van der Waals surface area contributed by atoms with Gasteiger partial charge in [0.05, 0.1) is 11.2 Å². The van der Waals surface area contributed by atoms with Gasteiger partial charge in [-0.2, -0.15) is 5.01 Å². The number of carboxylic acid groups (broad SMARTS) is 1. The highest BCUT2D eigenvalue weighted by Gasteiger charge is 2.30. The number of amides is 1. The van der Waals surface area contributed by atoms with Crippen molar-refractivity contribution in [3.8, 4) is 0 Å². The monoisotopic (exact) mass is 408 g/mol. The Kier molecular flexibility index (Phi) is 5.37. The average Bonchev–Trinajstić information content (AvgIpc) is 2.99. The summed E-state index contributed by atoms with van der Waals surface area (Å²) in [4.78, 5) is 25.3. The molecule has 0 aliphatic heterocycles. The molecule has 2 aromatic carbocycles. The first-order valence-electron chi connectivity index (χ1n) is 9.86. The smallest absolute Gasteiger partial charge is 0.434 e. The zero-order valence-corrected chi connectivity index (χ0v) is 18.3. The van der Waals surface area contributed by atoms with Crippen molar-refractivity contribution in [2.45, 2.75) is 52.6 Å². The predicted octanol–water partition coefficient (Wildman–Crippen LogP) is 5.84. The van der Waals surface area contributed by atoms with Gasteiger partial charge in [-0.15, -0.1) is 0 Å².